The summed E-state index contributed by atoms with van der Waals surface area (Å²) in [6.45, 7) is 0. The number of benzene rings is 5. The minimum Gasteiger partial charge on any atom is -0.478 e. The standard InChI is InChI=1S/C32H22O6/c33-31(34)23-11-15-25(16-12-23)37-28-20-19-27(21-7-3-1-4-8-21)30(29(28)22-9-5-2-6-10-22)38-26-17-13-24(14-18-26)32(35)36/h1-20H,(H,33,34)(H,35,36). The molecule has 0 aliphatic rings. The van der Waals surface area contributed by atoms with E-state index in [1.807, 2.05) is 72.8 Å². The zero-order chi connectivity index (χ0) is 26.5. The van der Waals surface area contributed by atoms with Gasteiger partial charge >= 0.3 is 11.9 Å². The predicted molar refractivity (Wildman–Crippen MR) is 144 cm³/mol. The number of ether oxygens (including phenoxy) is 2. The Hall–Kier alpha value is -5.36. The fourth-order valence-electron chi connectivity index (χ4n) is 4.05. The lowest BCUT2D eigenvalue weighted by Crippen LogP contribution is -1.98. The van der Waals surface area contributed by atoms with Crippen LogP contribution in [0.25, 0.3) is 22.3 Å². The highest BCUT2D eigenvalue weighted by molar-refractivity contribution is 5.89. The normalized spacial score (nSPS) is 10.5. The zero-order valence-corrected chi connectivity index (χ0v) is 20.1. The number of carboxylic acids is 2. The van der Waals surface area contributed by atoms with Gasteiger partial charge in [-0.1, -0.05) is 60.7 Å². The highest BCUT2D eigenvalue weighted by atomic mass is 16.5. The van der Waals surface area contributed by atoms with Crippen molar-refractivity contribution in [3.05, 3.63) is 132 Å². The molecule has 0 saturated heterocycles. The maximum atomic E-state index is 11.3. The molecule has 0 fully saturated rings. The molecule has 0 unspecified atom stereocenters. The smallest absolute Gasteiger partial charge is 0.335 e. The van der Waals surface area contributed by atoms with Crippen molar-refractivity contribution in [1.29, 1.82) is 0 Å². The number of carboxylic acid groups (broad SMARTS) is 2. The summed E-state index contributed by atoms with van der Waals surface area (Å²) in [7, 11) is 0. The van der Waals surface area contributed by atoms with Gasteiger partial charge in [0.25, 0.3) is 0 Å². The largest absolute Gasteiger partial charge is 0.478 e. The van der Waals surface area contributed by atoms with E-state index in [0.29, 0.717) is 28.6 Å². The van der Waals surface area contributed by atoms with Crippen molar-refractivity contribution >= 4 is 11.9 Å². The number of hydrogen-bond acceptors (Lipinski definition) is 4. The summed E-state index contributed by atoms with van der Waals surface area (Å²) in [5.41, 5.74) is 3.61. The molecule has 2 N–H and O–H groups in total. The third-order valence-corrected chi connectivity index (χ3v) is 5.92. The predicted octanol–water partition coefficient (Wildman–Crippen LogP) is 8.00. The fourth-order valence-corrected chi connectivity index (χ4v) is 4.05. The second-order valence-electron chi connectivity index (χ2n) is 8.41. The third kappa shape index (κ3) is 5.24. The number of carbonyl (C=O) groups is 2. The van der Waals surface area contributed by atoms with Crippen molar-refractivity contribution in [2.24, 2.45) is 0 Å². The summed E-state index contributed by atoms with van der Waals surface area (Å²) in [6, 6.07) is 35.6. The Morgan fingerprint density at radius 3 is 1.47 bits per heavy atom. The quantitative estimate of drug-likeness (QED) is 0.223. The molecule has 0 atom stereocenters. The van der Waals surface area contributed by atoms with Crippen LogP contribution in [0.3, 0.4) is 0 Å². The lowest BCUT2D eigenvalue weighted by atomic mass is 9.96. The Kier molecular flexibility index (Phi) is 6.87. The molecule has 0 heterocycles. The zero-order valence-electron chi connectivity index (χ0n) is 20.1. The molecule has 0 bridgehead atoms. The van der Waals surface area contributed by atoms with Gasteiger partial charge in [-0.25, -0.2) is 9.59 Å². The van der Waals surface area contributed by atoms with Crippen molar-refractivity contribution in [2.75, 3.05) is 0 Å². The van der Waals surface area contributed by atoms with E-state index in [1.165, 1.54) is 24.3 Å². The first kappa shape index (κ1) is 24.3. The van der Waals surface area contributed by atoms with E-state index in [0.717, 1.165) is 16.7 Å². The van der Waals surface area contributed by atoms with Gasteiger partial charge in [0.1, 0.15) is 23.0 Å². The molecule has 5 aromatic carbocycles. The Morgan fingerprint density at radius 1 is 0.500 bits per heavy atom. The monoisotopic (exact) mass is 502 g/mol. The van der Waals surface area contributed by atoms with Gasteiger partial charge in [-0.2, -0.15) is 0 Å². The lowest BCUT2D eigenvalue weighted by Gasteiger charge is -2.20. The van der Waals surface area contributed by atoms with Gasteiger partial charge in [-0.15, -0.1) is 0 Å². The molecule has 5 rings (SSSR count). The minimum absolute atomic E-state index is 0.158. The van der Waals surface area contributed by atoms with Crippen LogP contribution in [0.1, 0.15) is 20.7 Å². The number of hydrogen-bond donors (Lipinski definition) is 2. The van der Waals surface area contributed by atoms with E-state index < -0.39 is 11.9 Å². The van der Waals surface area contributed by atoms with E-state index in [-0.39, 0.29) is 11.1 Å². The molecule has 0 aromatic heterocycles. The van der Waals surface area contributed by atoms with Gasteiger partial charge in [0.05, 0.1) is 16.7 Å². The summed E-state index contributed by atoms with van der Waals surface area (Å²) in [5.74, 6) is -0.0564. The topological polar surface area (TPSA) is 93.1 Å². The molecule has 6 heteroatoms. The average molecular weight is 503 g/mol. The van der Waals surface area contributed by atoms with Crippen LogP contribution in [0.15, 0.2) is 121 Å². The summed E-state index contributed by atoms with van der Waals surface area (Å²) < 4.78 is 12.7. The number of rotatable bonds is 8. The van der Waals surface area contributed by atoms with Gasteiger partial charge in [0, 0.05) is 5.56 Å². The Morgan fingerprint density at radius 2 is 0.974 bits per heavy atom. The first-order valence-electron chi connectivity index (χ1n) is 11.8. The minimum atomic E-state index is -1.02. The molecule has 0 saturated carbocycles. The second-order valence-corrected chi connectivity index (χ2v) is 8.41. The van der Waals surface area contributed by atoms with Crippen LogP contribution in [0.4, 0.5) is 0 Å². The summed E-state index contributed by atoms with van der Waals surface area (Å²) in [4.78, 5) is 22.6. The summed E-state index contributed by atoms with van der Waals surface area (Å²) >= 11 is 0. The lowest BCUT2D eigenvalue weighted by molar-refractivity contribution is 0.0686. The van der Waals surface area contributed by atoms with Crippen LogP contribution >= 0.6 is 0 Å². The molecular formula is C32H22O6. The average Bonchev–Trinajstić information content (AvgIpc) is 2.95. The maximum Gasteiger partial charge on any atom is 0.335 e. The molecule has 0 aliphatic carbocycles. The summed E-state index contributed by atoms with van der Waals surface area (Å²) in [6.07, 6.45) is 0. The fraction of sp³-hybridized carbons (Fsp3) is 0. The van der Waals surface area contributed by atoms with Crippen LogP contribution in [-0.4, -0.2) is 22.2 Å². The molecule has 38 heavy (non-hydrogen) atoms. The third-order valence-electron chi connectivity index (χ3n) is 5.92. The Balaban J connectivity index is 1.68. The molecule has 0 spiro atoms. The molecule has 0 radical (unpaired) electrons. The second kappa shape index (κ2) is 10.7. The van der Waals surface area contributed by atoms with Gasteiger partial charge in [0.2, 0.25) is 0 Å². The molecule has 0 amide bonds. The first-order chi connectivity index (χ1) is 18.5. The van der Waals surface area contributed by atoms with E-state index in [4.69, 9.17) is 9.47 Å². The van der Waals surface area contributed by atoms with Crippen LogP contribution in [-0.2, 0) is 0 Å². The van der Waals surface area contributed by atoms with Crippen LogP contribution in [0.2, 0.25) is 0 Å². The van der Waals surface area contributed by atoms with Crippen molar-refractivity contribution in [2.45, 2.75) is 0 Å². The number of aromatic carboxylic acids is 2. The van der Waals surface area contributed by atoms with E-state index in [1.54, 1.807) is 24.3 Å². The van der Waals surface area contributed by atoms with Crippen LogP contribution in [0.5, 0.6) is 23.0 Å². The van der Waals surface area contributed by atoms with Gasteiger partial charge in [-0.05, 0) is 71.8 Å². The van der Waals surface area contributed by atoms with Gasteiger partial charge < -0.3 is 19.7 Å². The van der Waals surface area contributed by atoms with Gasteiger partial charge in [0.15, 0.2) is 0 Å². The summed E-state index contributed by atoms with van der Waals surface area (Å²) in [5, 5.41) is 18.5. The van der Waals surface area contributed by atoms with Crippen molar-refractivity contribution in [1.82, 2.24) is 0 Å². The SMILES string of the molecule is O=C(O)c1ccc(Oc2ccc(-c3ccccc3)c(Oc3ccc(C(=O)O)cc3)c2-c2ccccc2)cc1. The maximum absolute atomic E-state index is 11.3. The Labute approximate surface area is 219 Å². The molecule has 186 valence electrons. The van der Waals surface area contributed by atoms with Crippen molar-refractivity contribution in [3.63, 3.8) is 0 Å². The van der Waals surface area contributed by atoms with Crippen LogP contribution < -0.4 is 9.47 Å². The van der Waals surface area contributed by atoms with Crippen molar-refractivity contribution in [3.8, 4) is 45.3 Å². The van der Waals surface area contributed by atoms with Gasteiger partial charge in [-0.3, -0.25) is 0 Å². The Bertz CT molecular complexity index is 1580. The van der Waals surface area contributed by atoms with E-state index in [9.17, 15) is 19.8 Å². The van der Waals surface area contributed by atoms with E-state index >= 15 is 0 Å². The molecule has 5 aromatic rings. The van der Waals surface area contributed by atoms with Crippen molar-refractivity contribution < 1.29 is 29.3 Å². The first-order valence-corrected chi connectivity index (χ1v) is 11.8. The van der Waals surface area contributed by atoms with E-state index in [2.05, 4.69) is 0 Å². The molecule has 6 nitrogen and oxygen atoms in total. The molecule has 0 aliphatic heterocycles. The highest BCUT2D eigenvalue weighted by Crippen LogP contribution is 2.47. The highest BCUT2D eigenvalue weighted by Gasteiger charge is 2.21. The van der Waals surface area contributed by atoms with Crippen LogP contribution in [0, 0.1) is 0 Å². The molecular weight excluding hydrogens is 480 g/mol.